The first-order valence-corrected chi connectivity index (χ1v) is 16.9. The third-order valence-corrected chi connectivity index (χ3v) is 9.84. The monoisotopic (exact) mass is 569 g/mol. The Morgan fingerprint density at radius 2 is 1.73 bits per heavy atom. The maximum Gasteiger partial charge on any atom is 0.272 e. The smallest absolute Gasteiger partial charge is 0.272 e. The molecule has 2 aliphatic carbocycles. The zero-order valence-electron chi connectivity index (χ0n) is 23.6. The van der Waals surface area contributed by atoms with E-state index in [9.17, 15) is 18.0 Å². The summed E-state index contributed by atoms with van der Waals surface area (Å²) in [6.07, 6.45) is 13.0. The van der Waals surface area contributed by atoms with Gasteiger partial charge >= 0.3 is 0 Å². The maximum atomic E-state index is 13.6. The third kappa shape index (κ3) is 7.13. The van der Waals surface area contributed by atoms with E-state index in [4.69, 9.17) is 5.10 Å². The minimum absolute atomic E-state index is 0.0205. The molecule has 2 heterocycles. The van der Waals surface area contributed by atoms with Gasteiger partial charge in [-0.25, -0.2) is 8.42 Å². The summed E-state index contributed by atoms with van der Waals surface area (Å²) < 4.78 is 27.1. The van der Waals surface area contributed by atoms with Gasteiger partial charge in [0.1, 0.15) is 0 Å². The van der Waals surface area contributed by atoms with Crippen molar-refractivity contribution in [2.75, 3.05) is 25.9 Å². The Morgan fingerprint density at radius 1 is 1.00 bits per heavy atom. The van der Waals surface area contributed by atoms with E-state index >= 15 is 0 Å². The number of carbonyl (C=O) groups excluding carboxylic acids is 2. The van der Waals surface area contributed by atoms with E-state index < -0.39 is 9.84 Å². The Bertz CT molecular complexity index is 1290. The zero-order chi connectivity index (χ0) is 28.1. The number of nitrogens with one attached hydrogen (secondary N) is 2. The molecular formula is C30H43N5O4S. The lowest BCUT2D eigenvalue weighted by Gasteiger charge is -2.29. The molecule has 1 saturated heterocycles. The van der Waals surface area contributed by atoms with Crippen LogP contribution in [0.5, 0.6) is 0 Å². The van der Waals surface area contributed by atoms with E-state index in [1.54, 1.807) is 24.3 Å². The second-order valence-corrected chi connectivity index (χ2v) is 13.8. The fourth-order valence-corrected chi connectivity index (χ4v) is 7.10. The molecule has 3 fully saturated rings. The van der Waals surface area contributed by atoms with Gasteiger partial charge in [-0.3, -0.25) is 14.3 Å². The van der Waals surface area contributed by atoms with Crippen LogP contribution in [0.1, 0.15) is 93.6 Å². The van der Waals surface area contributed by atoms with E-state index in [1.165, 1.54) is 25.5 Å². The predicted molar refractivity (Wildman–Crippen MR) is 155 cm³/mol. The van der Waals surface area contributed by atoms with Gasteiger partial charge in [0.2, 0.25) is 5.91 Å². The number of sulfone groups is 1. The molecule has 0 unspecified atom stereocenters. The Kier molecular flexibility index (Phi) is 9.25. The van der Waals surface area contributed by atoms with E-state index in [-0.39, 0.29) is 47.0 Å². The molecule has 2 N–H and O–H groups in total. The number of rotatable bonds is 11. The molecule has 218 valence electrons. The second-order valence-electron chi connectivity index (χ2n) is 11.8. The summed E-state index contributed by atoms with van der Waals surface area (Å²) in [5, 5.41) is 11.0. The average molecular weight is 570 g/mol. The van der Waals surface area contributed by atoms with Gasteiger partial charge in [-0.2, -0.15) is 5.10 Å². The van der Waals surface area contributed by atoms with E-state index in [0.717, 1.165) is 64.6 Å². The largest absolute Gasteiger partial charge is 0.353 e. The summed E-state index contributed by atoms with van der Waals surface area (Å²) in [5.41, 5.74) is 1.46. The maximum absolute atomic E-state index is 13.6. The zero-order valence-corrected chi connectivity index (χ0v) is 24.4. The van der Waals surface area contributed by atoms with Crippen LogP contribution >= 0.6 is 0 Å². The van der Waals surface area contributed by atoms with Gasteiger partial charge in [0, 0.05) is 36.9 Å². The van der Waals surface area contributed by atoms with Gasteiger partial charge < -0.3 is 15.5 Å². The number of likely N-dealkylation sites (tertiary alicyclic amines) is 1. The number of carbonyl (C=O) groups is 2. The first kappa shape index (κ1) is 28.8. The van der Waals surface area contributed by atoms with Gasteiger partial charge in [0.05, 0.1) is 16.6 Å². The standard InChI is InChI=1S/C30H43N5O4S/c1-40(38,39)28-15-6-5-14-25(28)27-21-26(33-35(27)24-12-3-4-13-24)30(37)32-23(16-19-34-17-7-2-8-18-34)20-29(36)31-22-10-9-11-22/h5-6,14-15,21-24H,2-4,7-13,16-20H2,1H3,(H,31,36)(H,32,37)/t23-/m0/s1. The van der Waals surface area contributed by atoms with Crippen LogP contribution in [-0.2, 0) is 14.6 Å². The molecule has 5 rings (SSSR count). The highest BCUT2D eigenvalue weighted by Crippen LogP contribution is 2.36. The Morgan fingerprint density at radius 3 is 2.40 bits per heavy atom. The highest BCUT2D eigenvalue weighted by molar-refractivity contribution is 7.90. The normalized spacial score (nSPS) is 19.7. The van der Waals surface area contributed by atoms with Crippen molar-refractivity contribution in [2.24, 2.45) is 0 Å². The highest BCUT2D eigenvalue weighted by atomic mass is 32.2. The first-order chi connectivity index (χ1) is 19.3. The van der Waals surface area contributed by atoms with Crippen LogP contribution in [0.3, 0.4) is 0 Å². The molecule has 40 heavy (non-hydrogen) atoms. The molecule has 2 aromatic rings. The molecule has 2 amide bonds. The molecule has 1 atom stereocenters. The average Bonchev–Trinajstić information content (AvgIpc) is 3.60. The fourth-order valence-electron chi connectivity index (χ4n) is 6.20. The summed E-state index contributed by atoms with van der Waals surface area (Å²) in [7, 11) is -3.48. The van der Waals surface area contributed by atoms with Crippen LogP contribution < -0.4 is 10.6 Å². The lowest BCUT2D eigenvalue weighted by Crippen LogP contribution is -2.45. The van der Waals surface area contributed by atoms with Gasteiger partial charge in [0.25, 0.3) is 5.91 Å². The van der Waals surface area contributed by atoms with Gasteiger partial charge in [-0.05, 0) is 76.6 Å². The summed E-state index contributed by atoms with van der Waals surface area (Å²) in [6.45, 7) is 2.96. The molecule has 10 heteroatoms. The third-order valence-electron chi connectivity index (χ3n) is 8.68. The molecule has 2 saturated carbocycles. The minimum Gasteiger partial charge on any atom is -0.353 e. The Hall–Kier alpha value is -2.72. The summed E-state index contributed by atoms with van der Waals surface area (Å²) in [5.74, 6) is -0.345. The van der Waals surface area contributed by atoms with Crippen LogP contribution in [0.2, 0.25) is 0 Å². The Balaban J connectivity index is 1.37. The van der Waals surface area contributed by atoms with Crippen LogP contribution in [0.15, 0.2) is 35.2 Å². The summed E-state index contributed by atoms with van der Waals surface area (Å²) in [6, 6.07) is 8.70. The number of amides is 2. The topological polar surface area (TPSA) is 113 Å². The van der Waals surface area contributed by atoms with Crippen molar-refractivity contribution < 1.29 is 18.0 Å². The van der Waals surface area contributed by atoms with Crippen molar-refractivity contribution in [3.8, 4) is 11.3 Å². The van der Waals surface area contributed by atoms with E-state index in [1.807, 2.05) is 10.7 Å². The van der Waals surface area contributed by atoms with Crippen molar-refractivity contribution >= 4 is 21.7 Å². The summed E-state index contributed by atoms with van der Waals surface area (Å²) in [4.78, 5) is 29.1. The van der Waals surface area contributed by atoms with Crippen LogP contribution in [0.4, 0.5) is 0 Å². The molecule has 3 aliphatic rings. The van der Waals surface area contributed by atoms with Crippen molar-refractivity contribution in [1.82, 2.24) is 25.3 Å². The molecule has 0 radical (unpaired) electrons. The predicted octanol–water partition coefficient (Wildman–Crippen LogP) is 4.10. The lowest BCUT2D eigenvalue weighted by molar-refractivity contribution is -0.122. The minimum atomic E-state index is -3.48. The number of nitrogens with zero attached hydrogens (tertiary/aromatic N) is 3. The highest BCUT2D eigenvalue weighted by Gasteiger charge is 2.28. The van der Waals surface area contributed by atoms with Gasteiger partial charge in [-0.15, -0.1) is 0 Å². The molecule has 1 aliphatic heterocycles. The number of aromatic nitrogens is 2. The first-order valence-electron chi connectivity index (χ1n) is 15.0. The molecule has 0 spiro atoms. The number of hydrogen-bond donors (Lipinski definition) is 2. The van der Waals surface area contributed by atoms with E-state index in [2.05, 4.69) is 15.5 Å². The number of hydrogen-bond acceptors (Lipinski definition) is 6. The molecule has 1 aromatic heterocycles. The second kappa shape index (κ2) is 12.9. The summed E-state index contributed by atoms with van der Waals surface area (Å²) >= 11 is 0. The molecule has 9 nitrogen and oxygen atoms in total. The quantitative estimate of drug-likeness (QED) is 0.421. The number of benzene rings is 1. The molecule has 0 bridgehead atoms. The van der Waals surface area contributed by atoms with Crippen molar-refractivity contribution in [2.45, 2.75) is 100 Å². The number of piperidine rings is 1. The fraction of sp³-hybridized carbons (Fsp3) is 0.633. The van der Waals surface area contributed by atoms with Crippen molar-refractivity contribution in [1.29, 1.82) is 0 Å². The SMILES string of the molecule is CS(=O)(=O)c1ccccc1-c1cc(C(=O)N[C@@H](CCN2CCCCC2)CC(=O)NC2CCC2)nn1C1CCCC1. The van der Waals surface area contributed by atoms with Gasteiger partial charge in [-0.1, -0.05) is 37.5 Å². The Labute approximate surface area is 238 Å². The van der Waals surface area contributed by atoms with Crippen LogP contribution in [-0.4, -0.2) is 72.9 Å². The van der Waals surface area contributed by atoms with Crippen molar-refractivity contribution in [3.05, 3.63) is 36.0 Å². The van der Waals surface area contributed by atoms with Gasteiger partial charge in [0.15, 0.2) is 15.5 Å². The lowest BCUT2D eigenvalue weighted by atomic mass is 9.93. The van der Waals surface area contributed by atoms with E-state index in [0.29, 0.717) is 17.7 Å². The van der Waals surface area contributed by atoms with Crippen LogP contribution in [0, 0.1) is 0 Å². The molecular weight excluding hydrogens is 526 g/mol. The molecule has 1 aromatic carbocycles. The van der Waals surface area contributed by atoms with Crippen molar-refractivity contribution in [3.63, 3.8) is 0 Å². The van der Waals surface area contributed by atoms with Crippen LogP contribution in [0.25, 0.3) is 11.3 Å².